The molecule has 4 aromatic carbocycles. The van der Waals surface area contributed by atoms with Crippen LogP contribution in [0.1, 0.15) is 51.4 Å². The van der Waals surface area contributed by atoms with E-state index in [0.29, 0.717) is 64.8 Å². The first-order valence-electron chi connectivity index (χ1n) is 20.1. The molecule has 14 heteroatoms. The molecule has 308 valence electrons. The van der Waals surface area contributed by atoms with Crippen LogP contribution in [0.25, 0.3) is 33.0 Å². The summed E-state index contributed by atoms with van der Waals surface area (Å²) >= 11 is 4.90. The highest BCUT2D eigenvalue weighted by molar-refractivity contribution is 7.81. The average molecular weight is 835 g/mol. The molecular formula is C47H42N6O7S. The zero-order chi connectivity index (χ0) is 41.8. The van der Waals surface area contributed by atoms with Gasteiger partial charge in [0.2, 0.25) is 0 Å². The van der Waals surface area contributed by atoms with E-state index in [1.54, 1.807) is 40.3 Å². The standard InChI is InChI=1S/C47H42N6O7S/c1-57-40-20-30-36(50-44(54)38-18-28(24-52(38)46(30)55)34-14-12-26-8-3-5-10-32(26)48-34)22-42(40)59-16-7-17-60-43-23-37-31(21-41(43)58-2)47(56)53-25-29(19-39(53)45(61)51-37)35-15-13-27-9-4-6-11-33(27)49-35/h3-6,8-15,20-25,38-39,44-45,50-51,54,61H,7,16-19H2,1-2H3/t38-,39-,44?,45?/m0/s1. The number of rotatable bonds is 10. The Morgan fingerprint density at radius 2 is 1.15 bits per heavy atom. The molecule has 10 rings (SSSR count). The van der Waals surface area contributed by atoms with Gasteiger partial charge in [-0.3, -0.25) is 9.59 Å². The SMILES string of the molecule is COc1cc2c(cc1OCCCOc1cc3c(cc1OC)C(=O)N1C=C(c4ccc5ccccc5n4)C[C@H]1C(S)N3)NC(O)[C@@H]1CC(c3ccc4ccccc4n3)=CN1C2=O. The molecule has 0 saturated heterocycles. The molecule has 0 radical (unpaired) electrons. The first-order valence-corrected chi connectivity index (χ1v) is 20.7. The number of carbonyl (C=O) groups is 2. The van der Waals surface area contributed by atoms with Crippen molar-refractivity contribution in [3.8, 4) is 23.0 Å². The second kappa shape index (κ2) is 15.7. The highest BCUT2D eigenvalue weighted by Gasteiger charge is 2.41. The number of ether oxygens (including phenoxy) is 4. The normalized spacial score (nSPS) is 20.3. The topological polar surface area (TPSA) is 148 Å². The fraction of sp³-hybridized carbons (Fsp3) is 0.234. The van der Waals surface area contributed by atoms with Crippen LogP contribution in [0, 0.1) is 0 Å². The molecule has 4 aliphatic heterocycles. The second-order valence-electron chi connectivity index (χ2n) is 15.4. The van der Waals surface area contributed by atoms with Gasteiger partial charge in [-0.15, -0.1) is 0 Å². The Labute approximate surface area is 357 Å². The fourth-order valence-corrected chi connectivity index (χ4v) is 8.91. The quantitative estimate of drug-likeness (QED) is 0.0800. The minimum absolute atomic E-state index is 0.170. The van der Waals surface area contributed by atoms with Crippen molar-refractivity contribution in [2.24, 2.45) is 0 Å². The summed E-state index contributed by atoms with van der Waals surface area (Å²) < 4.78 is 23.7. The number of anilines is 2. The Morgan fingerprint density at radius 3 is 1.69 bits per heavy atom. The van der Waals surface area contributed by atoms with E-state index in [9.17, 15) is 14.7 Å². The minimum atomic E-state index is -1.05. The number of nitrogens with one attached hydrogen (secondary N) is 2. The maximum absolute atomic E-state index is 14.0. The van der Waals surface area contributed by atoms with Gasteiger partial charge in [0.15, 0.2) is 23.0 Å². The number of pyridine rings is 2. The van der Waals surface area contributed by atoms with Crippen molar-refractivity contribution in [3.05, 3.63) is 132 Å². The summed E-state index contributed by atoms with van der Waals surface area (Å²) in [7, 11) is 3.06. The molecule has 0 spiro atoms. The predicted molar refractivity (Wildman–Crippen MR) is 236 cm³/mol. The Hall–Kier alpha value is -6.77. The number of aromatic nitrogens is 2. The summed E-state index contributed by atoms with van der Waals surface area (Å²) in [6.07, 6.45) is 4.12. The van der Waals surface area contributed by atoms with Gasteiger partial charge in [-0.1, -0.05) is 48.5 Å². The van der Waals surface area contributed by atoms with Crippen LogP contribution in [0.3, 0.4) is 0 Å². The van der Waals surface area contributed by atoms with E-state index in [-0.39, 0.29) is 36.4 Å². The fourth-order valence-electron chi connectivity index (χ4n) is 8.53. The van der Waals surface area contributed by atoms with E-state index in [1.165, 1.54) is 14.2 Å². The largest absolute Gasteiger partial charge is 0.493 e. The number of amides is 2. The lowest BCUT2D eigenvalue weighted by atomic mass is 10.0. The minimum Gasteiger partial charge on any atom is -0.493 e. The molecule has 4 atom stereocenters. The van der Waals surface area contributed by atoms with Gasteiger partial charge in [0, 0.05) is 48.1 Å². The van der Waals surface area contributed by atoms with Gasteiger partial charge in [0.1, 0.15) is 6.23 Å². The van der Waals surface area contributed by atoms with Gasteiger partial charge >= 0.3 is 0 Å². The molecule has 2 aromatic heterocycles. The summed E-state index contributed by atoms with van der Waals surface area (Å²) in [4.78, 5) is 41.0. The van der Waals surface area contributed by atoms with E-state index in [4.69, 9.17) is 41.5 Å². The number of aliphatic hydroxyl groups is 1. The van der Waals surface area contributed by atoms with Gasteiger partial charge in [0.05, 0.1) is 89.8 Å². The van der Waals surface area contributed by atoms with E-state index in [0.717, 1.165) is 44.3 Å². The first kappa shape index (κ1) is 38.4. The Balaban J connectivity index is 0.804. The number of hydrogen-bond donors (Lipinski definition) is 4. The number of carbonyl (C=O) groups excluding carboxylic acids is 2. The summed E-state index contributed by atoms with van der Waals surface area (Å²) in [6, 6.07) is 29.9. The first-order chi connectivity index (χ1) is 29.8. The lowest BCUT2D eigenvalue weighted by Gasteiger charge is -2.25. The summed E-state index contributed by atoms with van der Waals surface area (Å²) in [5.41, 5.74) is 7.03. The Kier molecular flexibility index (Phi) is 9.88. The maximum Gasteiger partial charge on any atom is 0.260 e. The van der Waals surface area contributed by atoms with Crippen LogP contribution in [0.4, 0.5) is 11.4 Å². The van der Waals surface area contributed by atoms with E-state index in [1.807, 2.05) is 79.0 Å². The van der Waals surface area contributed by atoms with Crippen LogP contribution in [0.15, 0.2) is 109 Å². The number of methoxy groups -OCH3 is 2. The molecule has 13 nitrogen and oxygen atoms in total. The average Bonchev–Trinajstić information content (AvgIpc) is 3.91. The number of para-hydroxylation sites is 2. The molecule has 0 fully saturated rings. The molecule has 6 heterocycles. The molecular weight excluding hydrogens is 793 g/mol. The van der Waals surface area contributed by atoms with Crippen molar-refractivity contribution < 1.29 is 33.6 Å². The van der Waals surface area contributed by atoms with Gasteiger partial charge in [-0.25, -0.2) is 9.97 Å². The lowest BCUT2D eigenvalue weighted by molar-refractivity contribution is 0.0644. The van der Waals surface area contributed by atoms with Crippen molar-refractivity contribution in [1.29, 1.82) is 0 Å². The number of nitrogens with zero attached hydrogens (tertiary/aromatic N) is 4. The zero-order valence-corrected chi connectivity index (χ0v) is 34.3. The van der Waals surface area contributed by atoms with Gasteiger partial charge in [0.25, 0.3) is 11.8 Å². The number of thiol groups is 1. The molecule has 0 aliphatic carbocycles. The van der Waals surface area contributed by atoms with Crippen molar-refractivity contribution in [2.75, 3.05) is 38.1 Å². The number of aliphatic hydroxyl groups excluding tert-OH is 1. The highest BCUT2D eigenvalue weighted by Crippen LogP contribution is 2.43. The van der Waals surface area contributed by atoms with E-state index < -0.39 is 12.3 Å². The highest BCUT2D eigenvalue weighted by atomic mass is 32.1. The van der Waals surface area contributed by atoms with Crippen LogP contribution >= 0.6 is 12.6 Å². The summed E-state index contributed by atoms with van der Waals surface area (Å²) in [6.45, 7) is 0.526. The van der Waals surface area contributed by atoms with E-state index in [2.05, 4.69) is 10.6 Å². The van der Waals surface area contributed by atoms with Gasteiger partial charge in [-0.05, 0) is 54.0 Å². The molecule has 3 N–H and O–H groups in total. The maximum atomic E-state index is 14.0. The summed E-state index contributed by atoms with van der Waals surface area (Å²) in [5, 5.41) is 19.6. The van der Waals surface area contributed by atoms with Crippen LogP contribution in [-0.4, -0.2) is 87.8 Å². The van der Waals surface area contributed by atoms with E-state index >= 15 is 0 Å². The smallest absolute Gasteiger partial charge is 0.260 e. The third kappa shape index (κ3) is 7.00. The number of fused-ring (bicyclic) bond motifs is 6. The molecule has 2 unspecified atom stereocenters. The Morgan fingerprint density at radius 1 is 0.656 bits per heavy atom. The number of benzene rings is 4. The van der Waals surface area contributed by atoms with Crippen molar-refractivity contribution in [2.45, 2.75) is 42.9 Å². The number of hydrogen-bond acceptors (Lipinski definition) is 12. The molecule has 4 aliphatic rings. The molecule has 6 aromatic rings. The molecule has 61 heavy (non-hydrogen) atoms. The van der Waals surface area contributed by atoms with Crippen molar-refractivity contribution in [3.63, 3.8) is 0 Å². The lowest BCUT2D eigenvalue weighted by Crippen LogP contribution is -2.42. The predicted octanol–water partition coefficient (Wildman–Crippen LogP) is 7.58. The third-order valence-electron chi connectivity index (χ3n) is 11.7. The van der Waals surface area contributed by atoms with Gasteiger partial charge in [-0.2, -0.15) is 12.6 Å². The van der Waals surface area contributed by atoms with Crippen molar-refractivity contribution >= 4 is 68.8 Å². The molecule has 0 bridgehead atoms. The second-order valence-corrected chi connectivity index (χ2v) is 15.9. The molecule has 0 saturated carbocycles. The van der Waals surface area contributed by atoms with Crippen LogP contribution in [0.5, 0.6) is 23.0 Å². The Bertz CT molecular complexity index is 2620. The van der Waals surface area contributed by atoms with Crippen LogP contribution in [-0.2, 0) is 0 Å². The van der Waals surface area contributed by atoms with Crippen LogP contribution < -0.4 is 29.6 Å². The zero-order valence-electron chi connectivity index (χ0n) is 33.4. The monoisotopic (exact) mass is 834 g/mol. The van der Waals surface area contributed by atoms with Crippen LogP contribution in [0.2, 0.25) is 0 Å². The third-order valence-corrected chi connectivity index (χ3v) is 12.2. The van der Waals surface area contributed by atoms with Gasteiger partial charge < -0.3 is 44.5 Å². The molecule has 2 amide bonds. The summed E-state index contributed by atoms with van der Waals surface area (Å²) in [5.74, 6) is 1.23. The van der Waals surface area contributed by atoms with Crippen molar-refractivity contribution in [1.82, 2.24) is 19.8 Å².